The summed E-state index contributed by atoms with van der Waals surface area (Å²) in [5.74, 6) is 1.37. The van der Waals surface area contributed by atoms with Crippen LogP contribution in [0.15, 0.2) is 24.7 Å². The third kappa shape index (κ3) is 4.71. The highest BCUT2D eigenvalue weighted by Gasteiger charge is 2.31. The smallest absolute Gasteiger partial charge is 0.183 e. The molecule has 1 saturated carbocycles. The van der Waals surface area contributed by atoms with Crippen molar-refractivity contribution in [3.05, 3.63) is 35.5 Å². The number of nitrogens with one attached hydrogen (secondary N) is 2. The first-order valence-electron chi connectivity index (χ1n) is 11.1. The molecule has 5 rings (SSSR count). The number of halogens is 2. The molecule has 0 radical (unpaired) electrons. The molecular formula is C22H26ClFN6OS. The summed E-state index contributed by atoms with van der Waals surface area (Å²) in [4.78, 5) is 16.0. The van der Waals surface area contributed by atoms with Crippen LogP contribution >= 0.6 is 11.6 Å². The molecule has 4 heterocycles. The standard InChI is InChI=1S/C22H26ClFN6OS/c23-15-8-17-18(10-26-20(17)25-9-15)21-27-11-19(24)22(29-21)28-16-6-3-7-30(12-16)32(31)13-14-4-1-2-5-14/h8-11,14,16H,1-7,12-13H2,(H,25,26)(H,27,28,29). The molecule has 7 nitrogen and oxygen atoms in total. The molecule has 2 atom stereocenters. The molecule has 1 aliphatic heterocycles. The maximum absolute atomic E-state index is 14.6. The predicted molar refractivity (Wildman–Crippen MR) is 125 cm³/mol. The van der Waals surface area contributed by atoms with E-state index in [4.69, 9.17) is 11.6 Å². The van der Waals surface area contributed by atoms with Gasteiger partial charge in [0.15, 0.2) is 17.5 Å². The van der Waals surface area contributed by atoms with Crippen molar-refractivity contribution in [2.75, 3.05) is 24.2 Å². The van der Waals surface area contributed by atoms with Crippen molar-refractivity contribution < 1.29 is 8.94 Å². The largest absolute Gasteiger partial charge is 0.598 e. The quantitative estimate of drug-likeness (QED) is 0.507. The molecule has 0 spiro atoms. The van der Waals surface area contributed by atoms with Crippen LogP contribution in [0, 0.1) is 11.7 Å². The third-order valence-corrected chi connectivity index (χ3v) is 8.22. The normalized spacial score (nSPS) is 21.3. The van der Waals surface area contributed by atoms with Gasteiger partial charge in [0.05, 0.1) is 17.8 Å². The van der Waals surface area contributed by atoms with Crippen LogP contribution in [0.3, 0.4) is 0 Å². The molecular weight excluding hydrogens is 451 g/mol. The van der Waals surface area contributed by atoms with Crippen LogP contribution in [0.2, 0.25) is 5.02 Å². The molecule has 3 aromatic heterocycles. The lowest BCUT2D eigenvalue weighted by Gasteiger charge is -2.34. The summed E-state index contributed by atoms with van der Waals surface area (Å²) >= 11 is 5.11. The Morgan fingerprint density at radius 1 is 1.22 bits per heavy atom. The summed E-state index contributed by atoms with van der Waals surface area (Å²) in [5, 5.41) is 4.52. The molecule has 0 aromatic carbocycles. The van der Waals surface area contributed by atoms with E-state index >= 15 is 0 Å². The molecule has 2 aliphatic rings. The Balaban J connectivity index is 1.31. The van der Waals surface area contributed by atoms with E-state index in [2.05, 4.69) is 25.3 Å². The van der Waals surface area contributed by atoms with Gasteiger partial charge in [-0.1, -0.05) is 24.4 Å². The Morgan fingerprint density at radius 2 is 2.06 bits per heavy atom. The van der Waals surface area contributed by atoms with Gasteiger partial charge in [-0.05, 0) is 31.7 Å². The maximum Gasteiger partial charge on any atom is 0.183 e. The summed E-state index contributed by atoms with van der Waals surface area (Å²) in [6.45, 7) is 1.43. The van der Waals surface area contributed by atoms with Crippen molar-refractivity contribution in [1.82, 2.24) is 24.2 Å². The zero-order valence-corrected chi connectivity index (χ0v) is 19.3. The van der Waals surface area contributed by atoms with Crippen LogP contribution in [0.25, 0.3) is 22.4 Å². The van der Waals surface area contributed by atoms with Gasteiger partial charge in [-0.25, -0.2) is 19.3 Å². The summed E-state index contributed by atoms with van der Waals surface area (Å²) in [7, 11) is 0. The second-order valence-electron chi connectivity index (χ2n) is 8.65. The van der Waals surface area contributed by atoms with Crippen LogP contribution in [0.5, 0.6) is 0 Å². The van der Waals surface area contributed by atoms with E-state index in [1.54, 1.807) is 18.5 Å². The molecule has 1 aliphatic carbocycles. The number of nitrogens with zero attached hydrogens (tertiary/aromatic N) is 4. The predicted octanol–water partition coefficient (Wildman–Crippen LogP) is 4.54. The number of H-pyrrole nitrogens is 1. The fourth-order valence-corrected chi connectivity index (χ4v) is 6.47. The van der Waals surface area contributed by atoms with Crippen molar-refractivity contribution in [2.45, 2.75) is 44.6 Å². The van der Waals surface area contributed by atoms with Crippen LogP contribution in [-0.2, 0) is 11.4 Å². The Labute approximate surface area is 194 Å². The van der Waals surface area contributed by atoms with Gasteiger partial charge in [-0.3, -0.25) is 0 Å². The Kier molecular flexibility index (Phi) is 6.50. The van der Waals surface area contributed by atoms with Crippen molar-refractivity contribution in [3.63, 3.8) is 0 Å². The Hall–Kier alpha value is -1.94. The van der Waals surface area contributed by atoms with Gasteiger partial charge >= 0.3 is 0 Å². The van der Waals surface area contributed by atoms with Gasteiger partial charge in [0, 0.05) is 53.2 Å². The molecule has 2 unspecified atom stereocenters. The minimum absolute atomic E-state index is 0.0207. The molecule has 32 heavy (non-hydrogen) atoms. The van der Waals surface area contributed by atoms with Gasteiger partial charge < -0.3 is 14.9 Å². The number of rotatable bonds is 6. The lowest BCUT2D eigenvalue weighted by molar-refractivity contribution is 0.323. The fraction of sp³-hybridized carbons (Fsp3) is 0.500. The second kappa shape index (κ2) is 9.51. The minimum Gasteiger partial charge on any atom is -0.598 e. The van der Waals surface area contributed by atoms with Crippen molar-refractivity contribution in [3.8, 4) is 11.4 Å². The average molecular weight is 477 g/mol. The summed E-state index contributed by atoms with van der Waals surface area (Å²) in [6, 6.07) is 1.77. The zero-order chi connectivity index (χ0) is 22.1. The molecule has 170 valence electrons. The number of aromatic amines is 1. The topological polar surface area (TPSA) is 92.8 Å². The fourth-order valence-electron chi connectivity index (χ4n) is 4.68. The number of aromatic nitrogens is 4. The molecule has 2 fully saturated rings. The summed E-state index contributed by atoms with van der Waals surface area (Å²) in [6.07, 6.45) is 11.2. The molecule has 10 heteroatoms. The first kappa shape index (κ1) is 21.9. The van der Waals surface area contributed by atoms with E-state index < -0.39 is 17.2 Å². The molecule has 2 N–H and O–H groups in total. The lowest BCUT2D eigenvalue weighted by Crippen LogP contribution is -2.46. The van der Waals surface area contributed by atoms with E-state index in [0.717, 1.165) is 30.5 Å². The maximum atomic E-state index is 14.6. The summed E-state index contributed by atoms with van der Waals surface area (Å²) < 4.78 is 29.5. The monoisotopic (exact) mass is 476 g/mol. The van der Waals surface area contributed by atoms with Gasteiger partial charge in [0.1, 0.15) is 11.4 Å². The summed E-state index contributed by atoms with van der Waals surface area (Å²) in [5.41, 5.74) is 1.38. The SMILES string of the molecule is [O-][S+](CC1CCCC1)N1CCCC(Nc2nc(-c3c[nH]c4ncc(Cl)cc34)ncc2F)C1. The van der Waals surface area contributed by atoms with E-state index in [1.807, 2.05) is 4.31 Å². The number of anilines is 1. The second-order valence-corrected chi connectivity index (χ2v) is 10.6. The van der Waals surface area contributed by atoms with Crippen LogP contribution in [0.1, 0.15) is 38.5 Å². The van der Waals surface area contributed by atoms with Crippen molar-refractivity contribution >= 4 is 39.8 Å². The van der Waals surface area contributed by atoms with E-state index in [1.165, 1.54) is 31.9 Å². The van der Waals surface area contributed by atoms with E-state index in [9.17, 15) is 8.94 Å². The van der Waals surface area contributed by atoms with Gasteiger partial charge in [-0.2, -0.15) is 0 Å². The van der Waals surface area contributed by atoms with Crippen molar-refractivity contribution in [2.24, 2.45) is 5.92 Å². The van der Waals surface area contributed by atoms with Crippen molar-refractivity contribution in [1.29, 1.82) is 0 Å². The van der Waals surface area contributed by atoms with Gasteiger partial charge in [-0.15, -0.1) is 4.31 Å². The van der Waals surface area contributed by atoms with Gasteiger partial charge in [0.25, 0.3) is 0 Å². The van der Waals surface area contributed by atoms with E-state index in [0.29, 0.717) is 34.5 Å². The van der Waals surface area contributed by atoms with Gasteiger partial charge in [0.2, 0.25) is 0 Å². The number of hydrogen-bond acceptors (Lipinski definition) is 6. The van der Waals surface area contributed by atoms with Crippen LogP contribution < -0.4 is 5.32 Å². The Morgan fingerprint density at radius 3 is 2.91 bits per heavy atom. The number of hydrogen-bond donors (Lipinski definition) is 2. The van der Waals surface area contributed by atoms with Crippen LogP contribution in [0.4, 0.5) is 10.2 Å². The first-order valence-corrected chi connectivity index (χ1v) is 12.8. The molecule has 1 saturated heterocycles. The number of fused-ring (bicyclic) bond motifs is 1. The molecule has 0 amide bonds. The molecule has 3 aromatic rings. The highest BCUT2D eigenvalue weighted by Crippen LogP contribution is 2.30. The average Bonchev–Trinajstić information content (AvgIpc) is 3.45. The third-order valence-electron chi connectivity index (χ3n) is 6.35. The highest BCUT2D eigenvalue weighted by molar-refractivity contribution is 7.89. The highest BCUT2D eigenvalue weighted by atomic mass is 35.5. The Bertz CT molecular complexity index is 1090. The minimum atomic E-state index is -0.984. The number of piperidine rings is 1. The van der Waals surface area contributed by atoms with E-state index in [-0.39, 0.29) is 11.9 Å². The first-order chi connectivity index (χ1) is 15.6. The lowest BCUT2D eigenvalue weighted by atomic mass is 10.1. The van der Waals surface area contributed by atoms with Crippen LogP contribution in [-0.4, -0.2) is 53.7 Å². The molecule has 0 bridgehead atoms. The zero-order valence-electron chi connectivity index (χ0n) is 17.7. The number of pyridine rings is 1.